The predicted molar refractivity (Wildman–Crippen MR) is 127 cm³/mol. The molecule has 1 aromatic carbocycles. The van der Waals surface area contributed by atoms with Crippen LogP contribution in [-0.2, 0) is 30.4 Å². The molecule has 0 unspecified atom stereocenters. The number of rotatable bonds is 7. The maximum atomic E-state index is 12.6. The molecule has 11 nitrogen and oxygen atoms in total. The van der Waals surface area contributed by atoms with E-state index in [0.717, 1.165) is 64.7 Å². The average Bonchev–Trinajstić information content (AvgIpc) is 3.04. The second-order valence-electron chi connectivity index (χ2n) is 8.51. The monoisotopic (exact) mass is 495 g/mol. The second-order valence-corrected chi connectivity index (χ2v) is 8.51. The van der Waals surface area contributed by atoms with Gasteiger partial charge >= 0.3 is 0 Å². The number of hydrogen-bond acceptors (Lipinski definition) is 8. The van der Waals surface area contributed by atoms with Crippen molar-refractivity contribution in [2.75, 3.05) is 72.8 Å². The molecule has 2 bridgehead atoms. The van der Waals surface area contributed by atoms with Crippen molar-refractivity contribution >= 4 is 18.9 Å². The van der Waals surface area contributed by atoms with Crippen LogP contribution in [0.15, 0.2) is 24.3 Å². The summed E-state index contributed by atoms with van der Waals surface area (Å²) in [6.45, 7) is 8.50. The molecule has 1 aromatic rings. The van der Waals surface area contributed by atoms with Crippen LogP contribution in [0.3, 0.4) is 0 Å². The highest BCUT2D eigenvalue weighted by molar-refractivity contribution is 5.79. The number of amides is 1. The van der Waals surface area contributed by atoms with E-state index in [2.05, 4.69) is 28.0 Å². The Balaban J connectivity index is 0.000000655. The van der Waals surface area contributed by atoms with Gasteiger partial charge in [0.15, 0.2) is 0 Å². The summed E-state index contributed by atoms with van der Waals surface area (Å²) >= 11 is 0. The average molecular weight is 496 g/mol. The molecule has 11 heteroatoms. The van der Waals surface area contributed by atoms with Crippen LogP contribution >= 0.6 is 0 Å². The summed E-state index contributed by atoms with van der Waals surface area (Å²) in [7, 11) is 1.91. The first-order valence-electron chi connectivity index (χ1n) is 11.8. The van der Waals surface area contributed by atoms with Crippen LogP contribution in [0.25, 0.3) is 0 Å². The molecule has 3 aliphatic heterocycles. The lowest BCUT2D eigenvalue weighted by molar-refractivity contribution is -0.134. The lowest BCUT2D eigenvalue weighted by atomic mass is 10.1. The van der Waals surface area contributed by atoms with E-state index < -0.39 is 0 Å². The Bertz CT molecular complexity index is 769. The highest BCUT2D eigenvalue weighted by Crippen LogP contribution is 2.25. The van der Waals surface area contributed by atoms with Gasteiger partial charge < -0.3 is 29.3 Å². The Hall–Kier alpha value is -2.73. The third kappa shape index (κ3) is 9.44. The standard InChI is InChI=1S/C22H33N3O4.2CH2O2/c1-23-20-15-25(14-19(22(23)26)16-28-17-20)13-18-5-2-3-6-21(18)29-10-4-7-24-8-11-27-12-9-24;2*2-1-3/h2-3,5-6,19-20H,4,7-17H2,1H3;2*1H,(H,2,3)/t19-,20+;;/m1../s1. The van der Waals surface area contributed by atoms with Crippen LogP contribution in [0.1, 0.15) is 12.0 Å². The molecular weight excluding hydrogens is 458 g/mol. The summed E-state index contributed by atoms with van der Waals surface area (Å²) in [4.78, 5) is 36.0. The van der Waals surface area contributed by atoms with E-state index in [1.807, 2.05) is 18.0 Å². The molecule has 3 saturated heterocycles. The maximum Gasteiger partial charge on any atom is 0.290 e. The molecule has 3 aliphatic rings. The number of morpholine rings is 1. The largest absolute Gasteiger partial charge is 0.493 e. The normalized spacial score (nSPS) is 22.5. The van der Waals surface area contributed by atoms with Crippen LogP contribution in [0.4, 0.5) is 0 Å². The maximum absolute atomic E-state index is 12.6. The van der Waals surface area contributed by atoms with Crippen molar-refractivity contribution in [3.05, 3.63) is 29.8 Å². The van der Waals surface area contributed by atoms with Gasteiger partial charge in [-0.05, 0) is 12.5 Å². The number of benzene rings is 1. The Morgan fingerprint density at radius 3 is 2.43 bits per heavy atom. The number of carboxylic acid groups (broad SMARTS) is 2. The minimum atomic E-state index is -0.250. The van der Waals surface area contributed by atoms with Gasteiger partial charge in [-0.25, -0.2) is 0 Å². The molecule has 35 heavy (non-hydrogen) atoms. The van der Waals surface area contributed by atoms with Gasteiger partial charge in [-0.2, -0.15) is 0 Å². The number of carbonyl (C=O) groups is 3. The zero-order chi connectivity index (χ0) is 25.5. The lowest BCUT2D eigenvalue weighted by Crippen LogP contribution is -2.42. The molecule has 4 rings (SSSR count). The first kappa shape index (κ1) is 28.5. The van der Waals surface area contributed by atoms with E-state index in [0.29, 0.717) is 19.8 Å². The summed E-state index contributed by atoms with van der Waals surface area (Å²) in [5, 5.41) is 13.8. The zero-order valence-corrected chi connectivity index (χ0v) is 20.3. The van der Waals surface area contributed by atoms with E-state index in [9.17, 15) is 4.79 Å². The predicted octanol–water partition coefficient (Wildman–Crippen LogP) is 0.478. The van der Waals surface area contributed by atoms with Gasteiger partial charge in [0.2, 0.25) is 5.91 Å². The first-order valence-corrected chi connectivity index (χ1v) is 11.8. The van der Waals surface area contributed by atoms with Crippen molar-refractivity contribution in [3.8, 4) is 5.75 Å². The van der Waals surface area contributed by atoms with Crippen LogP contribution in [-0.4, -0.2) is 123 Å². The summed E-state index contributed by atoms with van der Waals surface area (Å²) in [6, 6.07) is 8.41. The molecule has 0 aliphatic carbocycles. The Labute approximate surface area is 206 Å². The van der Waals surface area contributed by atoms with Crippen LogP contribution < -0.4 is 4.74 Å². The van der Waals surface area contributed by atoms with Crippen molar-refractivity contribution in [1.29, 1.82) is 0 Å². The third-order valence-corrected chi connectivity index (χ3v) is 6.17. The Morgan fingerprint density at radius 1 is 1.03 bits per heavy atom. The van der Waals surface area contributed by atoms with Gasteiger partial charge in [0, 0.05) is 51.9 Å². The second kappa shape index (κ2) is 16.0. The van der Waals surface area contributed by atoms with Crippen LogP contribution in [0, 0.1) is 5.92 Å². The quantitative estimate of drug-likeness (QED) is 0.407. The van der Waals surface area contributed by atoms with Crippen molar-refractivity contribution in [2.24, 2.45) is 5.92 Å². The first-order chi connectivity index (χ1) is 17.0. The molecule has 0 aromatic heterocycles. The van der Waals surface area contributed by atoms with E-state index >= 15 is 0 Å². The number of carbonyl (C=O) groups excluding carboxylic acids is 1. The highest BCUT2D eigenvalue weighted by Gasteiger charge is 2.37. The molecule has 1 amide bonds. The van der Waals surface area contributed by atoms with Gasteiger partial charge in [0.25, 0.3) is 12.9 Å². The molecular formula is C24H37N3O8. The minimum Gasteiger partial charge on any atom is -0.493 e. The molecule has 196 valence electrons. The Kier molecular flexibility index (Phi) is 13.1. The van der Waals surface area contributed by atoms with Crippen LogP contribution in [0.5, 0.6) is 5.75 Å². The number of hydrogen-bond donors (Lipinski definition) is 2. The van der Waals surface area contributed by atoms with Crippen LogP contribution in [0.2, 0.25) is 0 Å². The van der Waals surface area contributed by atoms with Crippen molar-refractivity contribution in [2.45, 2.75) is 19.0 Å². The van der Waals surface area contributed by atoms with Crippen molar-refractivity contribution in [3.63, 3.8) is 0 Å². The summed E-state index contributed by atoms with van der Waals surface area (Å²) < 4.78 is 17.3. The van der Waals surface area contributed by atoms with Crippen molar-refractivity contribution in [1.82, 2.24) is 14.7 Å². The molecule has 0 saturated carbocycles. The number of nitrogens with zero attached hydrogens (tertiary/aromatic N) is 3. The lowest BCUT2D eigenvalue weighted by Gasteiger charge is -2.29. The summed E-state index contributed by atoms with van der Waals surface area (Å²) in [5.74, 6) is 1.09. The number of para-hydroxylation sites is 1. The minimum absolute atomic E-state index is 0.0749. The molecule has 0 spiro atoms. The molecule has 3 heterocycles. The Morgan fingerprint density at radius 2 is 1.71 bits per heavy atom. The molecule has 2 N–H and O–H groups in total. The summed E-state index contributed by atoms with van der Waals surface area (Å²) in [5.41, 5.74) is 1.19. The zero-order valence-electron chi connectivity index (χ0n) is 20.3. The SMILES string of the molecule is CN1C(=O)[C@H]2COC[C@@H]1CN(Cc1ccccc1OCCCN1CCOCC1)C2.O=CO.O=CO. The molecule has 0 radical (unpaired) electrons. The van der Waals surface area contributed by atoms with E-state index in [-0.39, 0.29) is 30.8 Å². The highest BCUT2D eigenvalue weighted by atomic mass is 16.5. The number of ether oxygens (including phenoxy) is 3. The molecule has 3 fully saturated rings. The van der Waals surface area contributed by atoms with Gasteiger partial charge in [-0.15, -0.1) is 0 Å². The summed E-state index contributed by atoms with van der Waals surface area (Å²) in [6.07, 6.45) is 1.01. The molecule has 2 atom stereocenters. The van der Waals surface area contributed by atoms with Gasteiger partial charge in [-0.3, -0.25) is 24.2 Å². The third-order valence-electron chi connectivity index (χ3n) is 6.17. The van der Waals surface area contributed by atoms with Gasteiger partial charge in [-0.1, -0.05) is 18.2 Å². The topological polar surface area (TPSA) is 129 Å². The van der Waals surface area contributed by atoms with E-state index in [4.69, 9.17) is 34.0 Å². The van der Waals surface area contributed by atoms with Crippen molar-refractivity contribution < 1.29 is 38.8 Å². The number of likely N-dealkylation sites (N-methyl/N-ethyl adjacent to an activating group) is 1. The smallest absolute Gasteiger partial charge is 0.290 e. The van der Waals surface area contributed by atoms with E-state index in [1.165, 1.54) is 5.56 Å². The number of fused-ring (bicyclic) bond motifs is 3. The van der Waals surface area contributed by atoms with Gasteiger partial charge in [0.1, 0.15) is 5.75 Å². The van der Waals surface area contributed by atoms with Gasteiger partial charge in [0.05, 0.1) is 45.0 Å². The fourth-order valence-corrected chi connectivity index (χ4v) is 4.43. The van der Waals surface area contributed by atoms with E-state index in [1.54, 1.807) is 0 Å². The fraction of sp³-hybridized carbons (Fsp3) is 0.625. The fourth-order valence-electron chi connectivity index (χ4n) is 4.43.